The molecular formula is C22H25F3N6O2. The van der Waals surface area contributed by atoms with Crippen molar-refractivity contribution in [3.8, 4) is 5.75 Å². The van der Waals surface area contributed by atoms with Gasteiger partial charge >= 0.3 is 6.03 Å². The number of amides is 2. The highest BCUT2D eigenvalue weighted by atomic mass is 19.1. The number of aliphatic imine (C=N–C) groups is 1. The lowest BCUT2D eigenvalue weighted by molar-refractivity contribution is 0.0409. The van der Waals surface area contributed by atoms with Gasteiger partial charge in [0, 0.05) is 32.6 Å². The van der Waals surface area contributed by atoms with Gasteiger partial charge in [-0.2, -0.15) is 0 Å². The maximum atomic E-state index is 14.1. The Hall–Kier alpha value is -3.63. The number of likely N-dealkylation sites (tertiary alicyclic amines) is 1. The molecule has 11 heteroatoms. The number of nitrogens with zero attached hydrogens (tertiary/aromatic N) is 4. The standard InChI is InChI=1S/C22H25F3N6O2/c1-13(30(2)3)28-21-9-20(18(25)10-27-21)33-17-11-31(12-17)22(32)29-19(4-5-26)14-6-15(23)8-16(24)7-14/h5-10,17,19,26H,4,11-12H2,1-3H3,(H,29,32)/b26-5?,28-13-. The lowest BCUT2D eigenvalue weighted by atomic mass is 10.0. The number of nitrogens with one attached hydrogen (secondary N) is 2. The van der Waals surface area contributed by atoms with Gasteiger partial charge in [0.05, 0.1) is 25.3 Å². The van der Waals surface area contributed by atoms with Gasteiger partial charge in [0.25, 0.3) is 0 Å². The fourth-order valence-corrected chi connectivity index (χ4v) is 3.10. The van der Waals surface area contributed by atoms with Crippen molar-refractivity contribution < 1.29 is 22.7 Å². The molecule has 1 atom stereocenters. The molecule has 0 spiro atoms. The Morgan fingerprint density at radius 1 is 1.30 bits per heavy atom. The Morgan fingerprint density at radius 3 is 2.58 bits per heavy atom. The number of urea groups is 1. The van der Waals surface area contributed by atoms with Crippen LogP contribution in [0.1, 0.15) is 24.9 Å². The van der Waals surface area contributed by atoms with Gasteiger partial charge in [-0.3, -0.25) is 0 Å². The molecule has 1 aliphatic heterocycles. The van der Waals surface area contributed by atoms with Crippen molar-refractivity contribution in [1.82, 2.24) is 20.1 Å². The summed E-state index contributed by atoms with van der Waals surface area (Å²) in [7, 11) is 3.65. The van der Waals surface area contributed by atoms with E-state index in [0.717, 1.165) is 30.6 Å². The minimum Gasteiger partial charge on any atom is -0.483 e. The number of pyridine rings is 1. The van der Waals surface area contributed by atoms with E-state index in [1.165, 1.54) is 11.0 Å². The van der Waals surface area contributed by atoms with Crippen LogP contribution < -0.4 is 10.1 Å². The van der Waals surface area contributed by atoms with Crippen LogP contribution in [0.3, 0.4) is 0 Å². The van der Waals surface area contributed by atoms with Gasteiger partial charge < -0.3 is 25.3 Å². The van der Waals surface area contributed by atoms with Crippen molar-refractivity contribution in [3.05, 3.63) is 53.5 Å². The molecule has 33 heavy (non-hydrogen) atoms. The lowest BCUT2D eigenvalue weighted by Gasteiger charge is -2.39. The number of halogens is 3. The van der Waals surface area contributed by atoms with Crippen LogP contribution >= 0.6 is 0 Å². The minimum atomic E-state index is -0.768. The second-order valence-electron chi connectivity index (χ2n) is 7.82. The average molecular weight is 462 g/mol. The zero-order valence-electron chi connectivity index (χ0n) is 18.5. The monoisotopic (exact) mass is 462 g/mol. The van der Waals surface area contributed by atoms with E-state index >= 15 is 0 Å². The quantitative estimate of drug-likeness (QED) is 0.485. The topological polar surface area (TPSA) is 93.9 Å². The van der Waals surface area contributed by atoms with Crippen molar-refractivity contribution >= 4 is 23.9 Å². The van der Waals surface area contributed by atoms with Crippen molar-refractivity contribution in [1.29, 1.82) is 5.41 Å². The van der Waals surface area contributed by atoms with E-state index in [4.69, 9.17) is 10.1 Å². The van der Waals surface area contributed by atoms with Gasteiger partial charge in [-0.15, -0.1) is 0 Å². The van der Waals surface area contributed by atoms with Crippen LogP contribution in [0.2, 0.25) is 0 Å². The van der Waals surface area contributed by atoms with E-state index in [2.05, 4.69) is 15.3 Å². The van der Waals surface area contributed by atoms with Gasteiger partial charge in [-0.25, -0.2) is 27.9 Å². The molecule has 1 unspecified atom stereocenters. The third-order valence-corrected chi connectivity index (χ3v) is 5.10. The maximum absolute atomic E-state index is 14.1. The molecule has 1 aromatic heterocycles. The number of aromatic nitrogens is 1. The van der Waals surface area contributed by atoms with Crippen molar-refractivity contribution in [3.63, 3.8) is 0 Å². The maximum Gasteiger partial charge on any atom is 0.318 e. The van der Waals surface area contributed by atoms with Crippen LogP contribution in [0.5, 0.6) is 5.75 Å². The summed E-state index contributed by atoms with van der Waals surface area (Å²) in [4.78, 5) is 24.0. The molecule has 2 aromatic rings. The zero-order chi connectivity index (χ0) is 24.1. The van der Waals surface area contributed by atoms with E-state index in [0.29, 0.717) is 11.7 Å². The van der Waals surface area contributed by atoms with Crippen LogP contribution in [0, 0.1) is 22.9 Å². The van der Waals surface area contributed by atoms with Gasteiger partial charge in [0.2, 0.25) is 0 Å². The Kier molecular flexibility index (Phi) is 7.52. The highest BCUT2D eigenvalue weighted by molar-refractivity contribution is 5.81. The van der Waals surface area contributed by atoms with Crippen molar-refractivity contribution in [2.75, 3.05) is 27.2 Å². The number of benzene rings is 1. The van der Waals surface area contributed by atoms with Crippen LogP contribution in [-0.4, -0.2) is 66.2 Å². The second kappa shape index (κ2) is 10.3. The summed E-state index contributed by atoms with van der Waals surface area (Å²) >= 11 is 0. The summed E-state index contributed by atoms with van der Waals surface area (Å²) in [6.45, 7) is 2.17. The van der Waals surface area contributed by atoms with Crippen molar-refractivity contribution in [2.24, 2.45) is 4.99 Å². The largest absolute Gasteiger partial charge is 0.483 e. The van der Waals surface area contributed by atoms with E-state index in [1.54, 1.807) is 11.8 Å². The number of hydrogen-bond donors (Lipinski definition) is 2. The molecule has 0 aliphatic carbocycles. The van der Waals surface area contributed by atoms with Gasteiger partial charge in [-0.1, -0.05) is 0 Å². The molecule has 176 valence electrons. The zero-order valence-corrected chi connectivity index (χ0v) is 18.5. The first kappa shape index (κ1) is 24.0. The van der Waals surface area contributed by atoms with Crippen LogP contribution in [0.15, 0.2) is 35.5 Å². The third kappa shape index (κ3) is 6.21. The summed E-state index contributed by atoms with van der Waals surface area (Å²) in [5, 5.41) is 9.98. The first-order chi connectivity index (χ1) is 15.7. The lowest BCUT2D eigenvalue weighted by Crippen LogP contribution is -2.59. The summed E-state index contributed by atoms with van der Waals surface area (Å²) in [5.74, 6) is -1.21. The predicted octanol–water partition coefficient (Wildman–Crippen LogP) is 3.66. The average Bonchev–Trinajstić information content (AvgIpc) is 2.71. The van der Waals surface area contributed by atoms with Crippen LogP contribution in [0.4, 0.5) is 23.8 Å². The number of amidine groups is 1. The SMILES string of the molecule is C/C(=N/c1cc(OC2CN(C(=O)NC(CC=N)c3cc(F)cc(F)c3)C2)c(F)cn1)N(C)C. The number of carbonyl (C=O) groups is 1. The molecule has 0 radical (unpaired) electrons. The third-order valence-electron chi connectivity index (χ3n) is 5.10. The first-order valence-corrected chi connectivity index (χ1v) is 10.2. The highest BCUT2D eigenvalue weighted by Gasteiger charge is 2.34. The molecule has 0 bridgehead atoms. The molecule has 1 saturated heterocycles. The molecule has 2 amide bonds. The van der Waals surface area contributed by atoms with Gasteiger partial charge in [0.15, 0.2) is 17.4 Å². The molecule has 1 aliphatic rings. The molecule has 3 rings (SSSR count). The summed E-state index contributed by atoms with van der Waals surface area (Å²) in [5.41, 5.74) is 0.220. The molecule has 8 nitrogen and oxygen atoms in total. The molecule has 1 aromatic carbocycles. The molecule has 0 saturated carbocycles. The molecule has 1 fully saturated rings. The van der Waals surface area contributed by atoms with E-state index in [9.17, 15) is 18.0 Å². The number of carbonyl (C=O) groups excluding carboxylic acids is 1. The highest BCUT2D eigenvalue weighted by Crippen LogP contribution is 2.26. The fraction of sp³-hybridized carbons (Fsp3) is 0.364. The number of hydrogen-bond acceptors (Lipinski definition) is 5. The Balaban J connectivity index is 1.60. The van der Waals surface area contributed by atoms with Gasteiger partial charge in [-0.05, 0) is 30.8 Å². The van der Waals surface area contributed by atoms with E-state index in [1.807, 2.05) is 14.1 Å². The van der Waals surface area contributed by atoms with Crippen LogP contribution in [-0.2, 0) is 0 Å². The Morgan fingerprint density at radius 2 is 1.97 bits per heavy atom. The smallest absolute Gasteiger partial charge is 0.318 e. The first-order valence-electron chi connectivity index (χ1n) is 10.2. The fourth-order valence-electron chi connectivity index (χ4n) is 3.10. The summed E-state index contributed by atoms with van der Waals surface area (Å²) < 4.78 is 46.9. The molecular weight excluding hydrogens is 437 g/mol. The molecule has 2 N–H and O–H groups in total. The predicted molar refractivity (Wildman–Crippen MR) is 118 cm³/mol. The summed E-state index contributed by atoms with van der Waals surface area (Å²) in [6, 6.07) is 3.12. The van der Waals surface area contributed by atoms with E-state index in [-0.39, 0.29) is 30.8 Å². The normalized spacial score (nSPS) is 15.0. The second-order valence-corrected chi connectivity index (χ2v) is 7.82. The molecule has 2 heterocycles. The number of rotatable bonds is 7. The van der Waals surface area contributed by atoms with Gasteiger partial charge in [0.1, 0.15) is 23.6 Å². The Labute approximate surface area is 189 Å². The van der Waals surface area contributed by atoms with Crippen molar-refractivity contribution in [2.45, 2.75) is 25.5 Å². The summed E-state index contributed by atoms with van der Waals surface area (Å²) in [6.07, 6.45) is 1.72. The van der Waals surface area contributed by atoms with E-state index < -0.39 is 35.6 Å². The van der Waals surface area contributed by atoms with Crippen LogP contribution in [0.25, 0.3) is 0 Å². The number of ether oxygens (including phenoxy) is 1. The Bertz CT molecular complexity index is 1040. The minimum absolute atomic E-state index is 0.0164.